The average Bonchev–Trinajstić information content (AvgIpc) is 3.07. The highest BCUT2D eigenvalue weighted by Crippen LogP contribution is 2.30. The summed E-state index contributed by atoms with van der Waals surface area (Å²) in [7, 11) is 0. The number of carboxylic acids is 1. The van der Waals surface area contributed by atoms with Gasteiger partial charge in [-0.1, -0.05) is 13.0 Å². The lowest BCUT2D eigenvalue weighted by Gasteiger charge is -2.22. The van der Waals surface area contributed by atoms with Crippen LogP contribution in [0.2, 0.25) is 0 Å². The fourth-order valence-corrected chi connectivity index (χ4v) is 4.44. The summed E-state index contributed by atoms with van der Waals surface area (Å²) >= 11 is 2.66. The number of nitrogens with zero attached hydrogens (tertiary/aromatic N) is 2. The Morgan fingerprint density at radius 2 is 2.00 bits per heavy atom. The van der Waals surface area contributed by atoms with E-state index in [4.69, 9.17) is 5.11 Å². The van der Waals surface area contributed by atoms with Crippen molar-refractivity contribution in [3.05, 3.63) is 53.0 Å². The summed E-state index contributed by atoms with van der Waals surface area (Å²) in [5.41, 5.74) is 0.792. The maximum atomic E-state index is 14.0. The van der Waals surface area contributed by atoms with Crippen LogP contribution in [-0.2, 0) is 16.1 Å². The number of hydrogen-bond donors (Lipinski definition) is 1. The summed E-state index contributed by atoms with van der Waals surface area (Å²) in [6, 6.07) is 9.29. The molecule has 0 aliphatic carbocycles. The van der Waals surface area contributed by atoms with Gasteiger partial charge in [-0.3, -0.25) is 9.59 Å². The van der Waals surface area contributed by atoms with Gasteiger partial charge >= 0.3 is 5.97 Å². The van der Waals surface area contributed by atoms with Gasteiger partial charge in [-0.2, -0.15) is 0 Å². The van der Waals surface area contributed by atoms with Crippen LogP contribution in [0.1, 0.15) is 24.8 Å². The Bertz CT molecular complexity index is 1060. The second kappa shape index (κ2) is 9.32. The summed E-state index contributed by atoms with van der Waals surface area (Å²) < 4.78 is 27.7. The fraction of sp³-hybridized carbons (Fsp3) is 0.250. The fourth-order valence-electron chi connectivity index (χ4n) is 2.79. The van der Waals surface area contributed by atoms with Crippen LogP contribution >= 0.6 is 23.1 Å². The molecule has 0 bridgehead atoms. The molecule has 0 saturated carbocycles. The van der Waals surface area contributed by atoms with Gasteiger partial charge in [0.05, 0.1) is 23.2 Å². The molecule has 9 heteroatoms. The van der Waals surface area contributed by atoms with Crippen LogP contribution in [-0.4, -0.2) is 27.7 Å². The Kier molecular flexibility index (Phi) is 6.81. The highest BCUT2D eigenvalue weighted by Gasteiger charge is 2.20. The third kappa shape index (κ3) is 5.30. The van der Waals surface area contributed by atoms with Gasteiger partial charge in [0.1, 0.15) is 16.6 Å². The van der Waals surface area contributed by atoms with Gasteiger partial charge in [0.25, 0.3) is 0 Å². The second-order valence-corrected chi connectivity index (χ2v) is 8.57. The molecular weight excluding hydrogens is 418 g/mol. The molecule has 5 nitrogen and oxygen atoms in total. The molecule has 0 unspecified atom stereocenters. The van der Waals surface area contributed by atoms with Crippen molar-refractivity contribution >= 4 is 50.9 Å². The van der Waals surface area contributed by atoms with Gasteiger partial charge in [-0.15, -0.1) is 23.1 Å². The van der Waals surface area contributed by atoms with E-state index in [1.807, 2.05) is 25.1 Å². The van der Waals surface area contributed by atoms with Crippen LogP contribution in [0, 0.1) is 11.6 Å². The number of thiazole rings is 1. The Morgan fingerprint density at radius 1 is 1.21 bits per heavy atom. The molecule has 1 amide bonds. The van der Waals surface area contributed by atoms with E-state index in [9.17, 15) is 18.4 Å². The van der Waals surface area contributed by atoms with Crippen LogP contribution in [0.15, 0.2) is 41.3 Å². The zero-order chi connectivity index (χ0) is 21.0. The van der Waals surface area contributed by atoms with Gasteiger partial charge < -0.3 is 10.0 Å². The minimum absolute atomic E-state index is 0.0408. The number of halogens is 2. The largest absolute Gasteiger partial charge is 0.481 e. The number of anilines is 1. The Labute approximate surface area is 174 Å². The molecule has 29 heavy (non-hydrogen) atoms. The SMILES string of the molecule is CCSc1cccc(N(Cc2nc3cc(F)cc(F)c3s2)C(=O)CCC(=O)O)c1. The number of rotatable bonds is 8. The second-order valence-electron chi connectivity index (χ2n) is 6.15. The molecule has 3 aromatic rings. The number of aromatic nitrogens is 1. The number of aliphatic carboxylic acids is 1. The van der Waals surface area contributed by atoms with E-state index in [-0.39, 0.29) is 35.5 Å². The molecule has 0 aliphatic heterocycles. The van der Waals surface area contributed by atoms with Gasteiger partial charge in [0, 0.05) is 29.1 Å². The molecular formula is C20H18F2N2O3S2. The third-order valence-corrected chi connectivity index (χ3v) is 5.98. The number of carboxylic acid groups (broad SMARTS) is 1. The lowest BCUT2D eigenvalue weighted by molar-refractivity contribution is -0.138. The van der Waals surface area contributed by atoms with Gasteiger partial charge in [0.15, 0.2) is 0 Å². The van der Waals surface area contributed by atoms with Crippen molar-refractivity contribution in [2.45, 2.75) is 31.2 Å². The van der Waals surface area contributed by atoms with Gasteiger partial charge in [0.2, 0.25) is 5.91 Å². The monoisotopic (exact) mass is 436 g/mol. The molecule has 0 radical (unpaired) electrons. The van der Waals surface area contributed by atoms with Crippen molar-refractivity contribution in [3.8, 4) is 0 Å². The van der Waals surface area contributed by atoms with Crippen molar-refractivity contribution < 1.29 is 23.5 Å². The first kappa shape index (κ1) is 21.2. The number of fused-ring (bicyclic) bond motifs is 1. The average molecular weight is 437 g/mol. The summed E-state index contributed by atoms with van der Waals surface area (Å²) in [5.74, 6) is -2.00. The molecule has 1 N–H and O–H groups in total. The number of benzene rings is 2. The van der Waals surface area contributed by atoms with Crippen molar-refractivity contribution in [2.75, 3.05) is 10.7 Å². The van der Waals surface area contributed by atoms with Crippen molar-refractivity contribution in [1.29, 1.82) is 0 Å². The van der Waals surface area contributed by atoms with Crippen LogP contribution in [0.4, 0.5) is 14.5 Å². The highest BCUT2D eigenvalue weighted by molar-refractivity contribution is 7.99. The molecule has 0 fully saturated rings. The lowest BCUT2D eigenvalue weighted by Crippen LogP contribution is -2.30. The first-order valence-corrected chi connectivity index (χ1v) is 10.7. The zero-order valence-corrected chi connectivity index (χ0v) is 17.2. The summed E-state index contributed by atoms with van der Waals surface area (Å²) in [4.78, 5) is 30.3. The molecule has 0 aliphatic rings. The normalized spacial score (nSPS) is 11.0. The van der Waals surface area contributed by atoms with E-state index in [1.165, 1.54) is 4.90 Å². The Balaban J connectivity index is 1.94. The maximum Gasteiger partial charge on any atom is 0.303 e. The van der Waals surface area contributed by atoms with Crippen molar-refractivity contribution in [2.24, 2.45) is 0 Å². The predicted molar refractivity (Wildman–Crippen MR) is 110 cm³/mol. The minimum Gasteiger partial charge on any atom is -0.481 e. The number of amides is 1. The molecule has 0 saturated heterocycles. The maximum absolute atomic E-state index is 14.0. The summed E-state index contributed by atoms with van der Waals surface area (Å²) in [6.45, 7) is 2.06. The molecule has 2 aromatic carbocycles. The van der Waals surface area contributed by atoms with Crippen LogP contribution in [0.3, 0.4) is 0 Å². The highest BCUT2D eigenvalue weighted by atomic mass is 32.2. The van der Waals surface area contributed by atoms with E-state index in [2.05, 4.69) is 4.98 Å². The predicted octanol–water partition coefficient (Wildman–Crippen LogP) is 5.08. The number of carbonyl (C=O) groups excluding carboxylic acids is 1. The number of hydrogen-bond acceptors (Lipinski definition) is 5. The number of thioether (sulfide) groups is 1. The molecule has 1 aromatic heterocycles. The summed E-state index contributed by atoms with van der Waals surface area (Å²) in [5, 5.41) is 9.34. The molecule has 1 heterocycles. The standard InChI is InChI=1S/C20H18F2N2O3S2/c1-2-28-14-5-3-4-13(10-14)24(18(25)6-7-19(26)27)11-17-23-16-9-12(21)8-15(22)20(16)29-17/h3-5,8-10H,2,6-7,11H2,1H3,(H,26,27). The van der Waals surface area contributed by atoms with Crippen LogP contribution < -0.4 is 4.90 Å². The van der Waals surface area contributed by atoms with E-state index < -0.39 is 17.6 Å². The Hall–Kier alpha value is -2.52. The van der Waals surface area contributed by atoms with E-state index in [1.54, 1.807) is 17.8 Å². The van der Waals surface area contributed by atoms with Crippen molar-refractivity contribution in [1.82, 2.24) is 4.98 Å². The molecule has 3 rings (SSSR count). The first-order valence-electron chi connectivity index (χ1n) is 8.87. The molecule has 152 valence electrons. The Morgan fingerprint density at radius 3 is 2.72 bits per heavy atom. The van der Waals surface area contributed by atoms with E-state index >= 15 is 0 Å². The van der Waals surface area contributed by atoms with Crippen LogP contribution in [0.5, 0.6) is 0 Å². The first-order chi connectivity index (χ1) is 13.9. The van der Waals surface area contributed by atoms with Crippen molar-refractivity contribution in [3.63, 3.8) is 0 Å². The number of carbonyl (C=O) groups is 2. The summed E-state index contributed by atoms with van der Waals surface area (Å²) in [6.07, 6.45) is -0.465. The zero-order valence-electron chi connectivity index (χ0n) is 15.5. The minimum atomic E-state index is -1.06. The van der Waals surface area contributed by atoms with E-state index in [0.29, 0.717) is 10.7 Å². The third-order valence-electron chi connectivity index (χ3n) is 4.04. The quantitative estimate of drug-likeness (QED) is 0.499. The van der Waals surface area contributed by atoms with Crippen LogP contribution in [0.25, 0.3) is 10.2 Å². The molecule has 0 spiro atoms. The van der Waals surface area contributed by atoms with Gasteiger partial charge in [-0.05, 0) is 24.0 Å². The smallest absolute Gasteiger partial charge is 0.303 e. The van der Waals surface area contributed by atoms with Gasteiger partial charge in [-0.25, -0.2) is 13.8 Å². The van der Waals surface area contributed by atoms with E-state index in [0.717, 1.165) is 34.1 Å². The lowest BCUT2D eigenvalue weighted by atomic mass is 10.2. The topological polar surface area (TPSA) is 70.5 Å². The molecule has 0 atom stereocenters.